The molecule has 2 saturated heterocycles. The summed E-state index contributed by atoms with van der Waals surface area (Å²) in [5.41, 5.74) is 0. The van der Waals surface area contributed by atoms with Crippen molar-refractivity contribution in [2.45, 2.75) is 38.1 Å². The Morgan fingerprint density at radius 3 is 2.92 bits per heavy atom. The first-order valence-electron chi connectivity index (χ1n) is 9.35. The van der Waals surface area contributed by atoms with Gasteiger partial charge in [-0.3, -0.25) is 4.79 Å². The number of carbonyl (C=O) groups is 1. The number of amides is 1. The zero-order chi connectivity index (χ0) is 16.4. The molecule has 3 fully saturated rings. The third-order valence-electron chi connectivity index (χ3n) is 5.49. The van der Waals surface area contributed by atoms with Crippen LogP contribution in [0.5, 0.6) is 0 Å². The van der Waals surface area contributed by atoms with Gasteiger partial charge in [0.1, 0.15) is 5.82 Å². The number of nitrogens with zero attached hydrogens (tertiary/aromatic N) is 3. The summed E-state index contributed by atoms with van der Waals surface area (Å²) in [6, 6.07) is 6.49. The Balaban J connectivity index is 1.42. The molecule has 24 heavy (non-hydrogen) atoms. The molecule has 1 amide bonds. The molecule has 0 N–H and O–H groups in total. The van der Waals surface area contributed by atoms with Crippen molar-refractivity contribution in [2.24, 2.45) is 11.8 Å². The monoisotopic (exact) mass is 329 g/mol. The maximum absolute atomic E-state index is 13.2. The summed E-state index contributed by atoms with van der Waals surface area (Å²) < 4.78 is 5.50. The topological polar surface area (TPSA) is 45.7 Å². The summed E-state index contributed by atoms with van der Waals surface area (Å²) >= 11 is 0. The van der Waals surface area contributed by atoms with Crippen LogP contribution in [0.15, 0.2) is 24.4 Å². The number of carbonyl (C=O) groups excluding carboxylic acids is 1. The van der Waals surface area contributed by atoms with Gasteiger partial charge in [-0.15, -0.1) is 0 Å². The molecule has 0 radical (unpaired) electrons. The first kappa shape index (κ1) is 15.9. The highest BCUT2D eigenvalue weighted by Gasteiger charge is 2.38. The number of rotatable bonds is 5. The van der Waals surface area contributed by atoms with Gasteiger partial charge in [-0.1, -0.05) is 6.07 Å². The lowest BCUT2D eigenvalue weighted by Crippen LogP contribution is -2.47. The van der Waals surface area contributed by atoms with Gasteiger partial charge in [-0.25, -0.2) is 4.98 Å². The Labute approximate surface area is 144 Å². The van der Waals surface area contributed by atoms with Gasteiger partial charge in [-0.05, 0) is 44.2 Å². The smallest absolute Gasteiger partial charge is 0.227 e. The molecule has 0 bridgehead atoms. The van der Waals surface area contributed by atoms with Gasteiger partial charge in [-0.2, -0.15) is 0 Å². The highest BCUT2D eigenvalue weighted by molar-refractivity contribution is 5.80. The molecule has 1 aromatic rings. The molecule has 2 atom stereocenters. The van der Waals surface area contributed by atoms with E-state index in [0.717, 1.165) is 57.9 Å². The first-order valence-corrected chi connectivity index (χ1v) is 9.35. The summed E-state index contributed by atoms with van der Waals surface area (Å²) in [5, 5.41) is 0. The minimum absolute atomic E-state index is 0.115. The zero-order valence-corrected chi connectivity index (χ0v) is 14.3. The van der Waals surface area contributed by atoms with Gasteiger partial charge >= 0.3 is 0 Å². The number of piperidine rings is 1. The van der Waals surface area contributed by atoms with Crippen LogP contribution in [0.4, 0.5) is 5.82 Å². The maximum Gasteiger partial charge on any atom is 0.227 e. The van der Waals surface area contributed by atoms with Crippen LogP contribution in [-0.4, -0.2) is 54.7 Å². The van der Waals surface area contributed by atoms with Crippen molar-refractivity contribution in [1.29, 1.82) is 0 Å². The van der Waals surface area contributed by atoms with Gasteiger partial charge in [0.15, 0.2) is 0 Å². The Morgan fingerprint density at radius 2 is 2.21 bits per heavy atom. The van der Waals surface area contributed by atoms with Crippen LogP contribution in [0.3, 0.4) is 0 Å². The van der Waals surface area contributed by atoms with Gasteiger partial charge in [0.05, 0.1) is 12.5 Å². The average Bonchev–Trinajstić information content (AvgIpc) is 3.36. The van der Waals surface area contributed by atoms with Crippen molar-refractivity contribution in [3.8, 4) is 0 Å². The number of hydrogen-bond donors (Lipinski definition) is 0. The quantitative estimate of drug-likeness (QED) is 0.832. The third-order valence-corrected chi connectivity index (χ3v) is 5.49. The van der Waals surface area contributed by atoms with Crippen LogP contribution in [0.2, 0.25) is 0 Å². The second-order valence-corrected chi connectivity index (χ2v) is 7.42. The lowest BCUT2D eigenvalue weighted by Gasteiger charge is -2.36. The van der Waals surface area contributed by atoms with Crippen LogP contribution >= 0.6 is 0 Å². The van der Waals surface area contributed by atoms with Crippen LogP contribution in [-0.2, 0) is 9.53 Å². The predicted molar refractivity (Wildman–Crippen MR) is 92.8 cm³/mol. The molecule has 2 aliphatic heterocycles. The minimum Gasteiger partial charge on any atom is -0.381 e. The largest absolute Gasteiger partial charge is 0.381 e. The summed E-state index contributed by atoms with van der Waals surface area (Å²) in [6.45, 7) is 4.37. The highest BCUT2D eigenvalue weighted by Crippen LogP contribution is 2.32. The number of pyridine rings is 1. The Morgan fingerprint density at radius 1 is 1.29 bits per heavy atom. The fourth-order valence-electron chi connectivity index (χ4n) is 3.97. The van der Waals surface area contributed by atoms with E-state index < -0.39 is 0 Å². The van der Waals surface area contributed by atoms with E-state index in [1.807, 2.05) is 24.4 Å². The van der Waals surface area contributed by atoms with Gasteiger partial charge in [0.25, 0.3) is 0 Å². The molecule has 130 valence electrons. The Kier molecular flexibility index (Phi) is 4.69. The van der Waals surface area contributed by atoms with E-state index in [4.69, 9.17) is 4.74 Å². The van der Waals surface area contributed by atoms with Crippen molar-refractivity contribution in [3.63, 3.8) is 0 Å². The zero-order valence-electron chi connectivity index (χ0n) is 14.3. The van der Waals surface area contributed by atoms with Crippen molar-refractivity contribution in [1.82, 2.24) is 9.88 Å². The second-order valence-electron chi connectivity index (χ2n) is 7.42. The Bertz CT molecular complexity index is 555. The minimum atomic E-state index is 0.115. The van der Waals surface area contributed by atoms with Gasteiger partial charge in [0.2, 0.25) is 5.91 Å². The van der Waals surface area contributed by atoms with E-state index in [0.29, 0.717) is 17.9 Å². The lowest BCUT2D eigenvalue weighted by atomic mass is 9.95. The van der Waals surface area contributed by atoms with Crippen LogP contribution < -0.4 is 4.90 Å². The van der Waals surface area contributed by atoms with Crippen molar-refractivity contribution >= 4 is 11.7 Å². The van der Waals surface area contributed by atoms with E-state index in [1.165, 1.54) is 12.8 Å². The summed E-state index contributed by atoms with van der Waals surface area (Å²) in [6.07, 6.45) is 7.36. The normalized spacial score (nSPS) is 27.2. The number of hydrogen-bond acceptors (Lipinski definition) is 4. The first-order chi connectivity index (χ1) is 11.8. The van der Waals surface area contributed by atoms with Gasteiger partial charge in [0, 0.05) is 44.4 Å². The molecule has 1 saturated carbocycles. The molecule has 5 nitrogen and oxygen atoms in total. The van der Waals surface area contributed by atoms with E-state index in [1.54, 1.807) is 0 Å². The maximum atomic E-state index is 13.2. The van der Waals surface area contributed by atoms with Crippen LogP contribution in [0.1, 0.15) is 32.1 Å². The van der Waals surface area contributed by atoms with Crippen molar-refractivity contribution < 1.29 is 9.53 Å². The molecule has 5 heteroatoms. The lowest BCUT2D eigenvalue weighted by molar-refractivity contribution is -0.137. The molecule has 0 unspecified atom stereocenters. The number of ether oxygens (including phenoxy) is 1. The molecular formula is C19H27N3O2. The predicted octanol–water partition coefficient (Wildman–Crippen LogP) is 2.33. The molecule has 3 aliphatic rings. The molecule has 1 aromatic heterocycles. The summed E-state index contributed by atoms with van der Waals surface area (Å²) in [4.78, 5) is 22.1. The van der Waals surface area contributed by atoms with Crippen molar-refractivity contribution in [3.05, 3.63) is 24.4 Å². The van der Waals surface area contributed by atoms with Gasteiger partial charge < -0.3 is 14.5 Å². The van der Waals surface area contributed by atoms with E-state index in [-0.39, 0.29) is 5.92 Å². The molecule has 0 aromatic carbocycles. The van der Waals surface area contributed by atoms with Crippen molar-refractivity contribution in [2.75, 3.05) is 37.7 Å². The number of aromatic nitrogens is 1. The van der Waals surface area contributed by atoms with E-state index in [2.05, 4.69) is 14.8 Å². The Hall–Kier alpha value is -1.62. The molecule has 4 rings (SSSR count). The third kappa shape index (κ3) is 3.56. The standard InChI is InChI=1S/C19H27N3O2/c23-19(22(17-6-7-17)12-15-8-11-24-14-15)16-4-3-10-21(13-16)18-5-1-2-9-20-18/h1-2,5,9,15-17H,3-4,6-8,10-14H2/t15-,16-/m0/s1. The summed E-state index contributed by atoms with van der Waals surface area (Å²) in [7, 11) is 0. The van der Waals surface area contributed by atoms with E-state index in [9.17, 15) is 4.79 Å². The van der Waals surface area contributed by atoms with E-state index >= 15 is 0 Å². The highest BCUT2D eigenvalue weighted by atomic mass is 16.5. The molecular weight excluding hydrogens is 302 g/mol. The van der Waals surface area contributed by atoms with Crippen LogP contribution in [0, 0.1) is 11.8 Å². The molecule has 1 aliphatic carbocycles. The molecule has 3 heterocycles. The molecule has 0 spiro atoms. The SMILES string of the molecule is O=C([C@H]1CCCN(c2ccccn2)C1)N(C[C@@H]1CCOC1)C1CC1. The summed E-state index contributed by atoms with van der Waals surface area (Å²) in [5.74, 6) is 2.01. The van der Waals surface area contributed by atoms with Crippen LogP contribution in [0.25, 0.3) is 0 Å². The fraction of sp³-hybridized carbons (Fsp3) is 0.684. The average molecular weight is 329 g/mol. The number of anilines is 1. The second kappa shape index (κ2) is 7.09. The fourth-order valence-corrected chi connectivity index (χ4v) is 3.97.